The summed E-state index contributed by atoms with van der Waals surface area (Å²) in [7, 11) is 0. The van der Waals surface area contributed by atoms with Gasteiger partial charge in [-0.15, -0.1) is 0 Å². The maximum Gasteiger partial charge on any atom is 0.131 e. The number of aliphatic hydroxyl groups excluding tert-OH is 1. The monoisotopic (exact) mass is 193 g/mol. The van der Waals surface area contributed by atoms with Crippen LogP contribution in [-0.4, -0.2) is 23.2 Å². The van der Waals surface area contributed by atoms with Crippen molar-refractivity contribution in [2.45, 2.75) is 18.4 Å². The molecule has 1 aromatic heterocycles. The minimum Gasteiger partial charge on any atom is -0.395 e. The number of pyridine rings is 1. The molecule has 14 heavy (non-hydrogen) atoms. The molecule has 0 radical (unpaired) electrons. The Morgan fingerprint density at radius 1 is 1.57 bits per heavy atom. The number of hydrogen-bond donors (Lipinski definition) is 3. The summed E-state index contributed by atoms with van der Waals surface area (Å²) in [4.78, 5) is 4.22. The first-order valence-electron chi connectivity index (χ1n) is 4.85. The lowest BCUT2D eigenvalue weighted by Gasteiger charge is -2.14. The average molecular weight is 193 g/mol. The molecule has 0 aliphatic heterocycles. The summed E-state index contributed by atoms with van der Waals surface area (Å²) in [5, 5.41) is 11.8. The summed E-state index contributed by atoms with van der Waals surface area (Å²) < 4.78 is 0. The van der Waals surface area contributed by atoms with Crippen LogP contribution < -0.4 is 11.1 Å². The smallest absolute Gasteiger partial charge is 0.131 e. The molecule has 2 rings (SSSR count). The van der Waals surface area contributed by atoms with Gasteiger partial charge in [0.05, 0.1) is 6.61 Å². The predicted molar refractivity (Wildman–Crippen MR) is 54.9 cm³/mol. The molecule has 0 amide bonds. The van der Waals surface area contributed by atoms with Gasteiger partial charge in [-0.25, -0.2) is 4.98 Å². The van der Waals surface area contributed by atoms with Crippen LogP contribution in [0.2, 0.25) is 0 Å². The second-order valence-corrected chi connectivity index (χ2v) is 3.71. The lowest BCUT2D eigenvalue weighted by atomic mass is 10.1. The number of nitrogens with one attached hydrogen (secondary N) is 1. The first kappa shape index (κ1) is 9.43. The molecule has 0 aromatic carbocycles. The van der Waals surface area contributed by atoms with Gasteiger partial charge in [0.1, 0.15) is 5.82 Å². The fourth-order valence-electron chi connectivity index (χ4n) is 1.53. The van der Waals surface area contributed by atoms with Crippen molar-refractivity contribution >= 4 is 5.82 Å². The summed E-state index contributed by atoms with van der Waals surface area (Å²) in [6.45, 7) is 0.619. The number of anilines is 1. The van der Waals surface area contributed by atoms with Crippen LogP contribution in [0.25, 0.3) is 0 Å². The highest BCUT2D eigenvalue weighted by atomic mass is 16.3. The molecule has 76 valence electrons. The van der Waals surface area contributed by atoms with Crippen molar-refractivity contribution in [3.63, 3.8) is 0 Å². The standard InChI is InChI=1S/C10H15N3O/c11-10(3-4-10)8-2-1-5-12-9(8)13-6-7-14/h1-2,5,14H,3-4,6-7,11H2,(H,12,13). The SMILES string of the molecule is NC1(c2cccnc2NCCO)CC1. The lowest BCUT2D eigenvalue weighted by molar-refractivity contribution is 0.311. The van der Waals surface area contributed by atoms with E-state index in [0.29, 0.717) is 6.54 Å². The van der Waals surface area contributed by atoms with Gasteiger partial charge in [-0.05, 0) is 18.9 Å². The third-order valence-corrected chi connectivity index (χ3v) is 2.54. The molecule has 0 bridgehead atoms. The minimum absolute atomic E-state index is 0.105. The predicted octanol–water partition coefficient (Wildman–Crippen LogP) is 0.434. The highest BCUT2D eigenvalue weighted by molar-refractivity contribution is 5.50. The fraction of sp³-hybridized carbons (Fsp3) is 0.500. The van der Waals surface area contributed by atoms with Gasteiger partial charge in [0.25, 0.3) is 0 Å². The van der Waals surface area contributed by atoms with Crippen molar-refractivity contribution in [3.8, 4) is 0 Å². The van der Waals surface area contributed by atoms with Gasteiger partial charge in [-0.3, -0.25) is 0 Å². The van der Waals surface area contributed by atoms with Crippen LogP contribution in [0.5, 0.6) is 0 Å². The molecule has 1 saturated carbocycles. The first-order chi connectivity index (χ1) is 6.76. The number of nitrogens with two attached hydrogens (primary N) is 1. The zero-order chi connectivity index (χ0) is 10.0. The van der Waals surface area contributed by atoms with Crippen LogP contribution in [0.4, 0.5) is 5.82 Å². The normalized spacial score (nSPS) is 17.9. The van der Waals surface area contributed by atoms with Crippen LogP contribution in [0.3, 0.4) is 0 Å². The van der Waals surface area contributed by atoms with Gasteiger partial charge in [-0.1, -0.05) is 6.07 Å². The Hall–Kier alpha value is -1.13. The van der Waals surface area contributed by atoms with Crippen molar-refractivity contribution in [2.75, 3.05) is 18.5 Å². The third kappa shape index (κ3) is 1.71. The van der Waals surface area contributed by atoms with Crippen molar-refractivity contribution in [3.05, 3.63) is 23.9 Å². The van der Waals surface area contributed by atoms with Crippen LogP contribution in [0, 0.1) is 0 Å². The molecule has 1 fully saturated rings. The molecule has 0 unspecified atom stereocenters. The quantitative estimate of drug-likeness (QED) is 0.648. The zero-order valence-corrected chi connectivity index (χ0v) is 8.03. The Kier molecular flexibility index (Phi) is 2.39. The van der Waals surface area contributed by atoms with E-state index in [9.17, 15) is 0 Å². The van der Waals surface area contributed by atoms with Crippen molar-refractivity contribution in [1.29, 1.82) is 0 Å². The molecule has 0 saturated heterocycles. The highest BCUT2D eigenvalue weighted by Gasteiger charge is 2.41. The molecule has 1 aliphatic rings. The maximum atomic E-state index is 8.72. The van der Waals surface area contributed by atoms with Crippen LogP contribution in [0.15, 0.2) is 18.3 Å². The molecule has 4 N–H and O–H groups in total. The summed E-state index contributed by atoms with van der Waals surface area (Å²) in [5.74, 6) is 0.807. The van der Waals surface area contributed by atoms with Gasteiger partial charge < -0.3 is 16.2 Å². The van der Waals surface area contributed by atoms with Gasteiger partial charge in [0, 0.05) is 23.8 Å². The van der Waals surface area contributed by atoms with E-state index in [1.807, 2.05) is 12.1 Å². The molecule has 4 heteroatoms. The summed E-state index contributed by atoms with van der Waals surface area (Å²) in [5.41, 5.74) is 6.99. The molecule has 1 heterocycles. The van der Waals surface area contributed by atoms with Gasteiger partial charge in [-0.2, -0.15) is 0 Å². The summed E-state index contributed by atoms with van der Waals surface area (Å²) >= 11 is 0. The molecule has 0 spiro atoms. The first-order valence-corrected chi connectivity index (χ1v) is 4.85. The fourth-order valence-corrected chi connectivity index (χ4v) is 1.53. The molecule has 0 atom stereocenters. The number of rotatable bonds is 4. The number of aromatic nitrogens is 1. The molecular weight excluding hydrogens is 178 g/mol. The molecule has 4 nitrogen and oxygen atoms in total. The van der Waals surface area contributed by atoms with Crippen LogP contribution in [0.1, 0.15) is 18.4 Å². The Bertz CT molecular complexity index is 323. The third-order valence-electron chi connectivity index (χ3n) is 2.54. The Balaban J connectivity index is 2.20. The van der Waals surface area contributed by atoms with E-state index >= 15 is 0 Å². The van der Waals surface area contributed by atoms with Gasteiger partial charge >= 0.3 is 0 Å². The molecule has 1 aromatic rings. The largest absolute Gasteiger partial charge is 0.395 e. The molecule has 1 aliphatic carbocycles. The van der Waals surface area contributed by atoms with Crippen molar-refractivity contribution in [1.82, 2.24) is 4.98 Å². The van der Waals surface area contributed by atoms with E-state index in [2.05, 4.69) is 10.3 Å². The van der Waals surface area contributed by atoms with E-state index in [4.69, 9.17) is 10.8 Å². The van der Waals surface area contributed by atoms with Gasteiger partial charge in [0.15, 0.2) is 0 Å². The van der Waals surface area contributed by atoms with Crippen molar-refractivity contribution in [2.24, 2.45) is 5.73 Å². The van der Waals surface area contributed by atoms with E-state index < -0.39 is 0 Å². The number of aliphatic hydroxyl groups is 1. The average Bonchev–Trinajstić information content (AvgIpc) is 2.95. The van der Waals surface area contributed by atoms with Crippen LogP contribution >= 0.6 is 0 Å². The van der Waals surface area contributed by atoms with Crippen LogP contribution in [-0.2, 0) is 5.54 Å². The van der Waals surface area contributed by atoms with E-state index in [0.717, 1.165) is 24.2 Å². The second kappa shape index (κ2) is 3.55. The topological polar surface area (TPSA) is 71.2 Å². The summed E-state index contributed by atoms with van der Waals surface area (Å²) in [6.07, 6.45) is 3.77. The second-order valence-electron chi connectivity index (χ2n) is 3.71. The van der Waals surface area contributed by atoms with Gasteiger partial charge in [0.2, 0.25) is 0 Å². The Morgan fingerprint density at radius 3 is 3.00 bits per heavy atom. The highest BCUT2D eigenvalue weighted by Crippen LogP contribution is 2.44. The maximum absolute atomic E-state index is 8.72. The zero-order valence-electron chi connectivity index (χ0n) is 8.03. The summed E-state index contributed by atoms with van der Waals surface area (Å²) in [6, 6.07) is 3.89. The van der Waals surface area contributed by atoms with E-state index in [-0.39, 0.29) is 12.1 Å². The Labute approximate surface area is 83.2 Å². The van der Waals surface area contributed by atoms with Crippen molar-refractivity contribution < 1.29 is 5.11 Å². The number of hydrogen-bond acceptors (Lipinski definition) is 4. The van der Waals surface area contributed by atoms with E-state index in [1.54, 1.807) is 6.20 Å². The molecular formula is C10H15N3O. The Morgan fingerprint density at radius 2 is 2.36 bits per heavy atom. The minimum atomic E-state index is -0.175. The lowest BCUT2D eigenvalue weighted by Crippen LogP contribution is -2.22. The number of nitrogens with zero attached hydrogens (tertiary/aromatic N) is 1. The van der Waals surface area contributed by atoms with E-state index in [1.165, 1.54) is 0 Å².